The zero-order valence-corrected chi connectivity index (χ0v) is 16.7. The van der Waals surface area contributed by atoms with Crippen molar-refractivity contribution in [2.45, 2.75) is 31.7 Å². The summed E-state index contributed by atoms with van der Waals surface area (Å²) in [6.45, 7) is 3.82. The number of hydrogen-bond acceptors (Lipinski definition) is 6. The predicted molar refractivity (Wildman–Crippen MR) is 106 cm³/mol. The van der Waals surface area contributed by atoms with E-state index in [1.807, 2.05) is 0 Å². The van der Waals surface area contributed by atoms with Crippen LogP contribution in [0.5, 0.6) is 0 Å². The second-order valence-corrected chi connectivity index (χ2v) is 7.24. The lowest BCUT2D eigenvalue weighted by Crippen LogP contribution is -2.49. The van der Waals surface area contributed by atoms with Gasteiger partial charge in [-0.25, -0.2) is 9.59 Å². The van der Waals surface area contributed by atoms with Gasteiger partial charge < -0.3 is 9.47 Å². The van der Waals surface area contributed by atoms with Crippen LogP contribution >= 0.6 is 0 Å². The summed E-state index contributed by atoms with van der Waals surface area (Å²) in [6.07, 6.45) is 0.274. The van der Waals surface area contributed by atoms with Crippen molar-refractivity contribution in [2.75, 3.05) is 13.2 Å². The Balaban J connectivity index is 1.68. The van der Waals surface area contributed by atoms with Crippen LogP contribution in [0.4, 0.5) is 0 Å². The van der Waals surface area contributed by atoms with Crippen LogP contribution in [0, 0.1) is 0 Å². The summed E-state index contributed by atoms with van der Waals surface area (Å²) in [5.41, 5.74) is 0.328. The summed E-state index contributed by atoms with van der Waals surface area (Å²) in [4.78, 5) is 52.0. The molecule has 7 heteroatoms. The molecule has 1 heterocycles. The van der Waals surface area contributed by atoms with Gasteiger partial charge in [0.1, 0.15) is 0 Å². The van der Waals surface area contributed by atoms with Crippen molar-refractivity contribution < 1.29 is 28.7 Å². The molecule has 0 radical (unpaired) electrons. The second kappa shape index (κ2) is 7.40. The van der Waals surface area contributed by atoms with Crippen LogP contribution < -0.4 is 0 Å². The van der Waals surface area contributed by atoms with Gasteiger partial charge in [-0.2, -0.15) is 0 Å². The van der Waals surface area contributed by atoms with Gasteiger partial charge in [-0.05, 0) is 50.1 Å². The topological polar surface area (TPSA) is 90.0 Å². The van der Waals surface area contributed by atoms with Gasteiger partial charge in [-0.15, -0.1) is 0 Å². The Kier molecular flexibility index (Phi) is 4.89. The normalized spacial score (nSPS) is 21.9. The highest BCUT2D eigenvalue weighted by Crippen LogP contribution is 2.58. The lowest BCUT2D eigenvalue weighted by molar-refractivity contribution is -0.149. The molecule has 154 valence electrons. The number of carbonyl (C=O) groups is 4. The van der Waals surface area contributed by atoms with E-state index >= 15 is 0 Å². The molecule has 0 N–H and O–H groups in total. The van der Waals surface area contributed by atoms with Crippen LogP contribution in [-0.4, -0.2) is 47.4 Å². The molecule has 7 nitrogen and oxygen atoms in total. The third-order valence-electron chi connectivity index (χ3n) is 5.58. The Morgan fingerprint density at radius 2 is 1.50 bits per heavy atom. The van der Waals surface area contributed by atoms with Crippen molar-refractivity contribution >= 4 is 23.8 Å². The van der Waals surface area contributed by atoms with Crippen molar-refractivity contribution in [2.24, 2.45) is 0 Å². The summed E-state index contributed by atoms with van der Waals surface area (Å²) in [6, 6.07) is 13.2. The second-order valence-electron chi connectivity index (χ2n) is 7.24. The Hall–Kier alpha value is -3.48. The Labute approximate surface area is 173 Å². The van der Waals surface area contributed by atoms with Crippen LogP contribution in [0.2, 0.25) is 0 Å². The number of carbonyl (C=O) groups excluding carboxylic acids is 4. The molecule has 1 saturated carbocycles. The summed E-state index contributed by atoms with van der Waals surface area (Å²) in [7, 11) is 0. The standard InChI is InChI=1S/C23H21NO6/c1-3-29-21(27)15-11-9-14(10-12-15)18-13-23(18,22(28)30-4-2)24-19(25)16-7-5-6-8-17(16)20(24)26/h5-12,18H,3-4,13H2,1-2H3. The molecular formula is C23H21NO6. The fourth-order valence-electron chi connectivity index (χ4n) is 4.08. The highest BCUT2D eigenvalue weighted by molar-refractivity contribution is 6.24. The van der Waals surface area contributed by atoms with E-state index in [-0.39, 0.29) is 30.8 Å². The summed E-state index contributed by atoms with van der Waals surface area (Å²) >= 11 is 0. The highest BCUT2D eigenvalue weighted by atomic mass is 16.5. The third kappa shape index (κ3) is 2.89. The predicted octanol–water partition coefficient (Wildman–Crippen LogP) is 2.95. The van der Waals surface area contributed by atoms with Crippen molar-refractivity contribution in [3.63, 3.8) is 0 Å². The minimum absolute atomic E-state index is 0.137. The zero-order chi connectivity index (χ0) is 21.5. The number of hydrogen-bond donors (Lipinski definition) is 0. The minimum Gasteiger partial charge on any atom is -0.464 e. The van der Waals surface area contributed by atoms with Gasteiger partial charge >= 0.3 is 11.9 Å². The molecule has 1 fully saturated rings. The maximum absolute atomic E-state index is 13.0. The van der Waals surface area contributed by atoms with Gasteiger partial charge in [0.05, 0.1) is 29.9 Å². The molecule has 0 bridgehead atoms. The molecule has 0 aromatic heterocycles. The van der Waals surface area contributed by atoms with Crippen molar-refractivity contribution in [3.8, 4) is 0 Å². The Morgan fingerprint density at radius 3 is 2.03 bits per heavy atom. The average Bonchev–Trinajstić information content (AvgIpc) is 3.45. The summed E-state index contributed by atoms with van der Waals surface area (Å²) in [5.74, 6) is -2.42. The third-order valence-corrected chi connectivity index (χ3v) is 5.58. The van der Waals surface area contributed by atoms with Crippen LogP contribution in [0.3, 0.4) is 0 Å². The van der Waals surface area contributed by atoms with Gasteiger partial charge in [-0.3, -0.25) is 14.5 Å². The zero-order valence-electron chi connectivity index (χ0n) is 16.7. The van der Waals surface area contributed by atoms with Crippen molar-refractivity contribution in [3.05, 3.63) is 70.8 Å². The molecule has 2 aromatic rings. The molecule has 1 aliphatic carbocycles. The van der Waals surface area contributed by atoms with Crippen molar-refractivity contribution in [1.29, 1.82) is 0 Å². The number of nitrogens with zero attached hydrogens (tertiary/aromatic N) is 1. The van der Waals surface area contributed by atoms with Gasteiger partial charge in [-0.1, -0.05) is 24.3 Å². The molecular weight excluding hydrogens is 386 g/mol. The first-order valence-corrected chi connectivity index (χ1v) is 9.87. The average molecular weight is 407 g/mol. The molecule has 0 spiro atoms. The molecule has 2 amide bonds. The highest BCUT2D eigenvalue weighted by Gasteiger charge is 2.70. The minimum atomic E-state index is -1.38. The smallest absolute Gasteiger partial charge is 0.338 e. The maximum Gasteiger partial charge on any atom is 0.338 e. The van der Waals surface area contributed by atoms with E-state index in [2.05, 4.69) is 0 Å². The van der Waals surface area contributed by atoms with E-state index in [9.17, 15) is 19.2 Å². The number of amides is 2. The van der Waals surface area contributed by atoms with Crippen LogP contribution in [-0.2, 0) is 14.3 Å². The van der Waals surface area contributed by atoms with Gasteiger partial charge in [0.15, 0.2) is 5.54 Å². The van der Waals surface area contributed by atoms with E-state index in [1.165, 1.54) is 0 Å². The molecule has 2 aromatic carbocycles. The van der Waals surface area contributed by atoms with E-state index in [4.69, 9.17) is 9.47 Å². The monoisotopic (exact) mass is 407 g/mol. The summed E-state index contributed by atoms with van der Waals surface area (Å²) in [5, 5.41) is 0. The number of ether oxygens (including phenoxy) is 2. The van der Waals surface area contributed by atoms with Gasteiger partial charge in [0.25, 0.3) is 11.8 Å². The van der Waals surface area contributed by atoms with Gasteiger partial charge in [0, 0.05) is 5.92 Å². The molecule has 2 aliphatic rings. The van der Waals surface area contributed by atoms with Crippen LogP contribution in [0.1, 0.15) is 62.8 Å². The lowest BCUT2D eigenvalue weighted by atomic mass is 10.0. The number of imide groups is 1. The molecule has 2 unspecified atom stereocenters. The first kappa shape index (κ1) is 19.8. The quantitative estimate of drug-likeness (QED) is 0.540. The molecule has 4 rings (SSSR count). The maximum atomic E-state index is 13.0. The van der Waals surface area contributed by atoms with E-state index < -0.39 is 35.2 Å². The molecule has 30 heavy (non-hydrogen) atoms. The van der Waals surface area contributed by atoms with Gasteiger partial charge in [0.2, 0.25) is 0 Å². The Morgan fingerprint density at radius 1 is 0.933 bits per heavy atom. The first-order chi connectivity index (χ1) is 14.5. The fourth-order valence-corrected chi connectivity index (χ4v) is 4.08. The fraction of sp³-hybridized carbons (Fsp3) is 0.304. The number of esters is 2. The summed E-state index contributed by atoms with van der Waals surface area (Å²) < 4.78 is 10.3. The Bertz CT molecular complexity index is 1010. The molecule has 0 saturated heterocycles. The van der Waals surface area contributed by atoms with E-state index in [0.29, 0.717) is 5.56 Å². The number of rotatable bonds is 6. The van der Waals surface area contributed by atoms with E-state index in [0.717, 1.165) is 10.5 Å². The van der Waals surface area contributed by atoms with Crippen LogP contribution in [0.25, 0.3) is 0 Å². The van der Waals surface area contributed by atoms with E-state index in [1.54, 1.807) is 62.4 Å². The lowest BCUT2D eigenvalue weighted by Gasteiger charge is -2.25. The molecule has 2 atom stereocenters. The first-order valence-electron chi connectivity index (χ1n) is 9.87. The number of benzene rings is 2. The van der Waals surface area contributed by atoms with Crippen molar-refractivity contribution in [1.82, 2.24) is 4.90 Å². The van der Waals surface area contributed by atoms with Crippen LogP contribution in [0.15, 0.2) is 48.5 Å². The SMILES string of the molecule is CCOC(=O)c1ccc(C2CC2(C(=O)OCC)N2C(=O)c3ccccc3C2=O)cc1. The number of fused-ring (bicyclic) bond motifs is 1. The molecule has 1 aliphatic heterocycles. The largest absolute Gasteiger partial charge is 0.464 e.